The molecule has 0 radical (unpaired) electrons. The van der Waals surface area contributed by atoms with E-state index >= 15 is 0 Å². The number of hydrogen-bond donors (Lipinski definition) is 0. The predicted octanol–water partition coefficient (Wildman–Crippen LogP) is 3.00. The molecule has 1 amide bonds. The highest BCUT2D eigenvalue weighted by molar-refractivity contribution is 5.91. The quantitative estimate of drug-likeness (QED) is 0.736. The van der Waals surface area contributed by atoms with Crippen LogP contribution < -0.4 is 0 Å². The summed E-state index contributed by atoms with van der Waals surface area (Å²) in [6.07, 6.45) is 6.81. The van der Waals surface area contributed by atoms with Crippen LogP contribution in [0.15, 0.2) is 22.6 Å². The minimum absolute atomic E-state index is 0.0891. The lowest BCUT2D eigenvalue weighted by Gasteiger charge is -2.32. The van der Waals surface area contributed by atoms with Gasteiger partial charge in [-0.25, -0.2) is 0 Å². The summed E-state index contributed by atoms with van der Waals surface area (Å²) in [7, 11) is 0. The summed E-state index contributed by atoms with van der Waals surface area (Å²) >= 11 is 0. The number of carbonyl (C=O) groups excluding carboxylic acids is 1. The fourth-order valence-electron chi connectivity index (χ4n) is 2.22. The lowest BCUT2D eigenvalue weighted by Crippen LogP contribution is -2.41. The zero-order valence-corrected chi connectivity index (χ0v) is 10.5. The van der Waals surface area contributed by atoms with Gasteiger partial charge in [-0.05, 0) is 51.3 Å². The number of rotatable bonds is 2. The van der Waals surface area contributed by atoms with Gasteiger partial charge in [-0.2, -0.15) is 0 Å². The van der Waals surface area contributed by atoms with Crippen molar-refractivity contribution in [2.24, 2.45) is 0 Å². The topological polar surface area (TPSA) is 33.5 Å². The molecule has 1 atom stereocenters. The van der Waals surface area contributed by atoms with Crippen LogP contribution in [-0.4, -0.2) is 23.4 Å². The average Bonchev–Trinajstić information content (AvgIpc) is 2.73. The van der Waals surface area contributed by atoms with E-state index in [2.05, 4.69) is 6.92 Å². The molecule has 1 unspecified atom stereocenters. The van der Waals surface area contributed by atoms with Gasteiger partial charge in [-0.3, -0.25) is 4.79 Å². The Morgan fingerprint density at radius 2 is 2.29 bits per heavy atom. The van der Waals surface area contributed by atoms with Crippen molar-refractivity contribution in [3.05, 3.63) is 29.7 Å². The van der Waals surface area contributed by atoms with Crippen LogP contribution in [0.2, 0.25) is 0 Å². The van der Waals surface area contributed by atoms with E-state index in [9.17, 15) is 4.79 Å². The van der Waals surface area contributed by atoms with Gasteiger partial charge in [-0.15, -0.1) is 0 Å². The molecule has 0 aromatic carbocycles. The number of furan rings is 1. The Balaban J connectivity index is 1.98. The van der Waals surface area contributed by atoms with Gasteiger partial charge in [-0.1, -0.05) is 0 Å². The number of carbonyl (C=O) groups is 1. The van der Waals surface area contributed by atoms with Crippen LogP contribution in [0.3, 0.4) is 0 Å². The number of amides is 1. The summed E-state index contributed by atoms with van der Waals surface area (Å²) in [6.45, 7) is 4.88. The van der Waals surface area contributed by atoms with Gasteiger partial charge in [0, 0.05) is 18.7 Å². The number of likely N-dealkylation sites (tertiary alicyclic amines) is 1. The highest BCUT2D eigenvalue weighted by atomic mass is 16.3. The maximum atomic E-state index is 12.0. The minimum atomic E-state index is 0.0891. The monoisotopic (exact) mass is 233 g/mol. The third kappa shape index (κ3) is 2.99. The van der Waals surface area contributed by atoms with Crippen LogP contribution in [0, 0.1) is 6.92 Å². The van der Waals surface area contributed by atoms with E-state index in [1.807, 2.05) is 24.0 Å². The molecule has 2 heterocycles. The Hall–Kier alpha value is -1.51. The van der Waals surface area contributed by atoms with Crippen LogP contribution in [0.25, 0.3) is 6.08 Å². The molecule has 1 aliphatic heterocycles. The van der Waals surface area contributed by atoms with Crippen molar-refractivity contribution in [1.82, 2.24) is 4.90 Å². The van der Waals surface area contributed by atoms with E-state index in [4.69, 9.17) is 4.42 Å². The molecule has 0 saturated carbocycles. The van der Waals surface area contributed by atoms with Crippen molar-refractivity contribution in [2.45, 2.75) is 39.2 Å². The van der Waals surface area contributed by atoms with Gasteiger partial charge in [0.1, 0.15) is 11.5 Å². The Morgan fingerprint density at radius 3 is 2.94 bits per heavy atom. The molecule has 0 bridgehead atoms. The Labute approximate surface area is 102 Å². The third-order valence-corrected chi connectivity index (χ3v) is 3.24. The molecule has 1 aromatic rings. The number of piperidine rings is 1. The first-order valence-corrected chi connectivity index (χ1v) is 6.22. The van der Waals surface area contributed by atoms with E-state index < -0.39 is 0 Å². The van der Waals surface area contributed by atoms with E-state index in [0.29, 0.717) is 6.04 Å². The van der Waals surface area contributed by atoms with Gasteiger partial charge in [0.2, 0.25) is 5.91 Å². The Kier molecular flexibility index (Phi) is 3.67. The minimum Gasteiger partial charge on any atom is -0.462 e. The van der Waals surface area contributed by atoms with E-state index in [0.717, 1.165) is 30.9 Å². The van der Waals surface area contributed by atoms with E-state index in [1.165, 1.54) is 6.42 Å². The summed E-state index contributed by atoms with van der Waals surface area (Å²) in [5, 5.41) is 0. The summed E-state index contributed by atoms with van der Waals surface area (Å²) in [5.74, 6) is 1.69. The predicted molar refractivity (Wildman–Crippen MR) is 67.5 cm³/mol. The van der Waals surface area contributed by atoms with Crippen molar-refractivity contribution in [2.75, 3.05) is 6.54 Å². The van der Waals surface area contributed by atoms with Crippen LogP contribution in [-0.2, 0) is 4.79 Å². The number of nitrogens with zero attached hydrogens (tertiary/aromatic N) is 1. The molecule has 2 rings (SSSR count). The lowest BCUT2D eigenvalue weighted by molar-refractivity contribution is -0.129. The van der Waals surface area contributed by atoms with Crippen molar-refractivity contribution in [1.29, 1.82) is 0 Å². The molecule has 3 heteroatoms. The largest absolute Gasteiger partial charge is 0.462 e. The van der Waals surface area contributed by atoms with E-state index in [-0.39, 0.29) is 5.91 Å². The molecule has 1 saturated heterocycles. The Morgan fingerprint density at radius 1 is 1.47 bits per heavy atom. The summed E-state index contributed by atoms with van der Waals surface area (Å²) in [4.78, 5) is 13.9. The third-order valence-electron chi connectivity index (χ3n) is 3.24. The smallest absolute Gasteiger partial charge is 0.246 e. The normalized spacial score (nSPS) is 21.1. The molecule has 1 aromatic heterocycles. The van der Waals surface area contributed by atoms with Crippen molar-refractivity contribution < 1.29 is 9.21 Å². The zero-order chi connectivity index (χ0) is 12.3. The standard InChI is InChI=1S/C14H19NO2/c1-11-5-3-4-10-15(11)14(16)9-8-13-7-6-12(2)17-13/h6-9,11H,3-5,10H2,1-2H3/b9-8+. The average molecular weight is 233 g/mol. The van der Waals surface area contributed by atoms with Gasteiger partial charge < -0.3 is 9.32 Å². The molecule has 3 nitrogen and oxygen atoms in total. The fraction of sp³-hybridized carbons (Fsp3) is 0.500. The summed E-state index contributed by atoms with van der Waals surface area (Å²) in [6, 6.07) is 4.13. The summed E-state index contributed by atoms with van der Waals surface area (Å²) in [5.41, 5.74) is 0. The molecule has 1 fully saturated rings. The van der Waals surface area contributed by atoms with Crippen LogP contribution >= 0.6 is 0 Å². The maximum absolute atomic E-state index is 12.0. The van der Waals surface area contributed by atoms with E-state index in [1.54, 1.807) is 12.2 Å². The molecular weight excluding hydrogens is 214 g/mol. The molecule has 17 heavy (non-hydrogen) atoms. The Bertz CT molecular complexity index is 420. The van der Waals surface area contributed by atoms with Gasteiger partial charge >= 0.3 is 0 Å². The van der Waals surface area contributed by atoms with Crippen molar-refractivity contribution in [3.63, 3.8) is 0 Å². The van der Waals surface area contributed by atoms with Gasteiger partial charge in [0.25, 0.3) is 0 Å². The zero-order valence-electron chi connectivity index (χ0n) is 10.5. The molecular formula is C14H19NO2. The van der Waals surface area contributed by atoms with Crippen molar-refractivity contribution in [3.8, 4) is 0 Å². The SMILES string of the molecule is Cc1ccc(/C=C/C(=O)N2CCCCC2C)o1. The second kappa shape index (κ2) is 5.21. The van der Waals surface area contributed by atoms with Crippen LogP contribution in [0.5, 0.6) is 0 Å². The molecule has 1 aliphatic rings. The molecule has 0 spiro atoms. The highest BCUT2D eigenvalue weighted by Crippen LogP contribution is 2.17. The first kappa shape index (κ1) is 12.0. The van der Waals surface area contributed by atoms with Crippen LogP contribution in [0.1, 0.15) is 37.7 Å². The highest BCUT2D eigenvalue weighted by Gasteiger charge is 2.21. The fourth-order valence-corrected chi connectivity index (χ4v) is 2.22. The summed E-state index contributed by atoms with van der Waals surface area (Å²) < 4.78 is 5.39. The van der Waals surface area contributed by atoms with Gasteiger partial charge in [0.15, 0.2) is 0 Å². The first-order chi connectivity index (χ1) is 8.16. The molecule has 92 valence electrons. The number of hydrogen-bond acceptors (Lipinski definition) is 2. The molecule has 0 aliphatic carbocycles. The van der Waals surface area contributed by atoms with Crippen LogP contribution in [0.4, 0.5) is 0 Å². The van der Waals surface area contributed by atoms with Gasteiger partial charge in [0.05, 0.1) is 0 Å². The lowest BCUT2D eigenvalue weighted by atomic mass is 10.0. The molecule has 0 N–H and O–H groups in total. The van der Waals surface area contributed by atoms with Crippen molar-refractivity contribution >= 4 is 12.0 Å². The second-order valence-corrected chi connectivity index (χ2v) is 4.66. The maximum Gasteiger partial charge on any atom is 0.246 e. The number of aryl methyl sites for hydroxylation is 1. The second-order valence-electron chi connectivity index (χ2n) is 4.66. The first-order valence-electron chi connectivity index (χ1n) is 6.22.